The first-order chi connectivity index (χ1) is 14.2. The second-order valence-corrected chi connectivity index (χ2v) is 8.14. The van der Waals surface area contributed by atoms with Crippen molar-refractivity contribution in [1.82, 2.24) is 24.6 Å². The summed E-state index contributed by atoms with van der Waals surface area (Å²) in [6.07, 6.45) is 9.68. The molecule has 0 bridgehead atoms. The third-order valence-electron chi connectivity index (χ3n) is 6.14. The molecule has 7 heteroatoms. The zero-order valence-corrected chi connectivity index (χ0v) is 16.6. The number of aromatic nitrogens is 4. The summed E-state index contributed by atoms with van der Waals surface area (Å²) in [4.78, 5) is 24.3. The second kappa shape index (κ2) is 7.65. The van der Waals surface area contributed by atoms with Gasteiger partial charge in [-0.3, -0.25) is 24.3 Å². The van der Waals surface area contributed by atoms with Crippen LogP contribution in [0.25, 0.3) is 22.0 Å². The Hall–Kier alpha value is -2.64. The average Bonchev–Trinajstić information content (AvgIpc) is 3.13. The molecule has 0 atom stereocenters. The molecule has 2 fully saturated rings. The molecular weight excluding hydrogens is 366 g/mol. The SMILES string of the molecule is Cn1cc(-c2cnc3cnc(CC(=O)C4CCN(C5COC5)CC4)cc3c2)cn1. The molecule has 2 saturated heterocycles. The highest BCUT2D eigenvalue weighted by atomic mass is 16.5. The van der Waals surface area contributed by atoms with Gasteiger partial charge in [0.25, 0.3) is 0 Å². The Labute approximate surface area is 169 Å². The molecule has 29 heavy (non-hydrogen) atoms. The van der Waals surface area contributed by atoms with Crippen LogP contribution >= 0.6 is 0 Å². The molecule has 3 aromatic heterocycles. The van der Waals surface area contributed by atoms with E-state index in [-0.39, 0.29) is 5.92 Å². The first kappa shape index (κ1) is 18.4. The molecule has 0 N–H and O–H groups in total. The van der Waals surface area contributed by atoms with Crippen LogP contribution in [-0.4, -0.2) is 62.8 Å². The number of fused-ring (bicyclic) bond motifs is 1. The number of ketones is 1. The number of hydrogen-bond acceptors (Lipinski definition) is 6. The van der Waals surface area contributed by atoms with Crippen molar-refractivity contribution >= 4 is 16.7 Å². The van der Waals surface area contributed by atoms with E-state index in [1.54, 1.807) is 10.9 Å². The Balaban J connectivity index is 1.28. The number of likely N-dealkylation sites (tertiary alicyclic amines) is 1. The molecule has 7 nitrogen and oxygen atoms in total. The van der Waals surface area contributed by atoms with Crippen LogP contribution in [0, 0.1) is 5.92 Å². The fourth-order valence-corrected chi connectivity index (χ4v) is 4.25. The Morgan fingerprint density at radius 3 is 2.62 bits per heavy atom. The van der Waals surface area contributed by atoms with Gasteiger partial charge in [0.1, 0.15) is 5.78 Å². The number of aryl methyl sites for hydroxylation is 1. The van der Waals surface area contributed by atoms with Gasteiger partial charge in [-0.2, -0.15) is 5.10 Å². The summed E-state index contributed by atoms with van der Waals surface area (Å²) in [7, 11) is 1.90. The van der Waals surface area contributed by atoms with Gasteiger partial charge in [-0.25, -0.2) is 0 Å². The molecule has 5 heterocycles. The summed E-state index contributed by atoms with van der Waals surface area (Å²) >= 11 is 0. The lowest BCUT2D eigenvalue weighted by molar-refractivity contribution is -0.125. The number of hydrogen-bond donors (Lipinski definition) is 0. The zero-order chi connectivity index (χ0) is 19.8. The van der Waals surface area contributed by atoms with Crippen molar-refractivity contribution in [3.8, 4) is 11.1 Å². The minimum atomic E-state index is 0.143. The van der Waals surface area contributed by atoms with Crippen LogP contribution in [0.4, 0.5) is 0 Å². The summed E-state index contributed by atoms with van der Waals surface area (Å²) < 4.78 is 7.06. The molecule has 3 aromatic rings. The minimum absolute atomic E-state index is 0.143. The van der Waals surface area contributed by atoms with E-state index < -0.39 is 0 Å². The smallest absolute Gasteiger partial charge is 0.142 e. The number of rotatable bonds is 5. The van der Waals surface area contributed by atoms with Crippen molar-refractivity contribution < 1.29 is 9.53 Å². The molecule has 0 radical (unpaired) electrons. The number of ether oxygens (including phenoxy) is 1. The van der Waals surface area contributed by atoms with Crippen molar-refractivity contribution in [2.45, 2.75) is 25.3 Å². The lowest BCUT2D eigenvalue weighted by Gasteiger charge is -2.41. The Bertz CT molecular complexity index is 1030. The topological polar surface area (TPSA) is 73.1 Å². The maximum atomic E-state index is 12.8. The van der Waals surface area contributed by atoms with Crippen LogP contribution in [0.5, 0.6) is 0 Å². The van der Waals surface area contributed by atoms with Gasteiger partial charge in [0.2, 0.25) is 0 Å². The van der Waals surface area contributed by atoms with E-state index in [0.717, 1.165) is 66.9 Å². The fraction of sp³-hybridized carbons (Fsp3) is 0.455. The van der Waals surface area contributed by atoms with Gasteiger partial charge < -0.3 is 4.74 Å². The highest BCUT2D eigenvalue weighted by Crippen LogP contribution is 2.25. The van der Waals surface area contributed by atoms with Crippen molar-refractivity contribution in [3.63, 3.8) is 0 Å². The predicted octanol–water partition coefficient (Wildman–Crippen LogP) is 2.25. The summed E-state index contributed by atoms with van der Waals surface area (Å²) in [6.45, 7) is 3.67. The maximum Gasteiger partial charge on any atom is 0.142 e. The zero-order valence-electron chi connectivity index (χ0n) is 16.6. The van der Waals surface area contributed by atoms with Crippen molar-refractivity contribution in [2.75, 3.05) is 26.3 Å². The molecule has 150 valence electrons. The monoisotopic (exact) mass is 391 g/mol. The third kappa shape index (κ3) is 3.80. The fourth-order valence-electron chi connectivity index (χ4n) is 4.25. The van der Waals surface area contributed by atoms with Gasteiger partial charge >= 0.3 is 0 Å². The largest absolute Gasteiger partial charge is 0.378 e. The standard InChI is InChI=1S/C22H25N5O2/c1-26-12-18(10-25-26)17-6-16-7-19(23-11-21(16)24-9-17)8-22(28)15-2-4-27(5-3-15)20-13-29-14-20/h6-7,9-12,15,20H,2-5,8,13-14H2,1H3. The number of Topliss-reactive ketones (excluding diaryl/α,β-unsaturated/α-hetero) is 1. The van der Waals surface area contributed by atoms with Crippen molar-refractivity contribution in [2.24, 2.45) is 13.0 Å². The number of nitrogens with zero attached hydrogens (tertiary/aromatic N) is 5. The molecule has 0 aromatic carbocycles. The molecule has 5 rings (SSSR count). The first-order valence-corrected chi connectivity index (χ1v) is 10.2. The third-order valence-corrected chi connectivity index (χ3v) is 6.14. The molecular formula is C22H25N5O2. The molecule has 0 saturated carbocycles. The van der Waals surface area contributed by atoms with E-state index in [0.29, 0.717) is 18.2 Å². The first-order valence-electron chi connectivity index (χ1n) is 10.2. The highest BCUT2D eigenvalue weighted by molar-refractivity contribution is 5.86. The maximum absolute atomic E-state index is 12.8. The van der Waals surface area contributed by atoms with E-state index in [9.17, 15) is 4.79 Å². The van der Waals surface area contributed by atoms with E-state index in [4.69, 9.17) is 4.74 Å². The number of pyridine rings is 2. The van der Waals surface area contributed by atoms with Crippen LogP contribution in [0.15, 0.2) is 36.9 Å². The van der Waals surface area contributed by atoms with E-state index in [1.807, 2.05) is 31.7 Å². The minimum Gasteiger partial charge on any atom is -0.378 e. The van der Waals surface area contributed by atoms with Gasteiger partial charge in [0.15, 0.2) is 0 Å². The van der Waals surface area contributed by atoms with Gasteiger partial charge in [-0.05, 0) is 38.1 Å². The number of piperidine rings is 1. The highest BCUT2D eigenvalue weighted by Gasteiger charge is 2.31. The molecule has 0 amide bonds. The van der Waals surface area contributed by atoms with Gasteiger partial charge in [-0.15, -0.1) is 0 Å². The van der Waals surface area contributed by atoms with Gasteiger partial charge in [0.05, 0.1) is 37.2 Å². The number of carbonyl (C=O) groups is 1. The Morgan fingerprint density at radius 2 is 1.93 bits per heavy atom. The van der Waals surface area contributed by atoms with E-state index in [2.05, 4.69) is 26.0 Å². The van der Waals surface area contributed by atoms with E-state index >= 15 is 0 Å². The summed E-state index contributed by atoms with van der Waals surface area (Å²) in [5.41, 5.74) is 3.70. The number of carbonyl (C=O) groups excluding carboxylic acids is 1. The molecule has 0 spiro atoms. The quantitative estimate of drug-likeness (QED) is 0.664. The molecule has 0 aliphatic carbocycles. The summed E-state index contributed by atoms with van der Waals surface area (Å²) in [5, 5.41) is 5.23. The van der Waals surface area contributed by atoms with Crippen molar-refractivity contribution in [3.05, 3.63) is 42.6 Å². The van der Waals surface area contributed by atoms with Crippen LogP contribution in [0.1, 0.15) is 18.5 Å². The Kier molecular flexibility index (Phi) is 4.85. The van der Waals surface area contributed by atoms with Crippen LogP contribution in [0.3, 0.4) is 0 Å². The normalized spacial score (nSPS) is 18.8. The lowest BCUT2D eigenvalue weighted by Crippen LogP contribution is -2.52. The lowest BCUT2D eigenvalue weighted by atomic mass is 9.89. The van der Waals surface area contributed by atoms with Gasteiger partial charge in [0, 0.05) is 54.0 Å². The van der Waals surface area contributed by atoms with Crippen LogP contribution in [-0.2, 0) is 23.0 Å². The van der Waals surface area contributed by atoms with Crippen LogP contribution < -0.4 is 0 Å². The molecule has 0 unspecified atom stereocenters. The molecule has 2 aliphatic rings. The summed E-state index contributed by atoms with van der Waals surface area (Å²) in [5.74, 6) is 0.447. The Morgan fingerprint density at radius 1 is 1.10 bits per heavy atom. The van der Waals surface area contributed by atoms with E-state index in [1.165, 1.54) is 0 Å². The summed E-state index contributed by atoms with van der Waals surface area (Å²) in [6, 6.07) is 4.66. The van der Waals surface area contributed by atoms with Crippen molar-refractivity contribution in [1.29, 1.82) is 0 Å². The predicted molar refractivity (Wildman–Crippen MR) is 109 cm³/mol. The average molecular weight is 391 g/mol. The molecule has 2 aliphatic heterocycles. The van der Waals surface area contributed by atoms with Crippen LogP contribution in [0.2, 0.25) is 0 Å². The van der Waals surface area contributed by atoms with Gasteiger partial charge in [-0.1, -0.05) is 0 Å². The second-order valence-electron chi connectivity index (χ2n) is 8.14.